The lowest BCUT2D eigenvalue weighted by molar-refractivity contribution is -0.0783. The molecule has 0 bridgehead atoms. The first-order chi connectivity index (χ1) is 9.64. The quantitative estimate of drug-likeness (QED) is 0.846. The Hall–Kier alpha value is -1.66. The summed E-state index contributed by atoms with van der Waals surface area (Å²) < 4.78 is 27.0. The predicted octanol–water partition coefficient (Wildman–Crippen LogP) is 1.21. The van der Waals surface area contributed by atoms with Crippen molar-refractivity contribution in [2.24, 2.45) is 5.73 Å². The van der Waals surface area contributed by atoms with E-state index in [1.807, 2.05) is 0 Å². The lowest BCUT2D eigenvalue weighted by atomic mass is 9.86. The van der Waals surface area contributed by atoms with Gasteiger partial charge in [-0.15, -0.1) is 0 Å². The van der Waals surface area contributed by atoms with Crippen LogP contribution in [0.25, 0.3) is 0 Å². The standard InChI is InChI=1S/C14H21NO5/c1-16-10-5-8(6-11(17-2)14(10)19-4)20-12-7-9(15)13(12)18-3/h5-6,9,12-13H,7,15H2,1-4H3. The van der Waals surface area contributed by atoms with Crippen molar-refractivity contribution >= 4 is 0 Å². The van der Waals surface area contributed by atoms with E-state index in [4.69, 9.17) is 29.4 Å². The van der Waals surface area contributed by atoms with Crippen LogP contribution in [0.3, 0.4) is 0 Å². The van der Waals surface area contributed by atoms with Gasteiger partial charge in [0.2, 0.25) is 5.75 Å². The van der Waals surface area contributed by atoms with E-state index in [0.29, 0.717) is 23.0 Å². The second-order valence-electron chi connectivity index (χ2n) is 4.62. The Bertz CT molecular complexity index is 440. The molecule has 3 unspecified atom stereocenters. The van der Waals surface area contributed by atoms with E-state index in [1.54, 1.807) is 40.6 Å². The molecule has 1 fully saturated rings. The molecule has 3 atom stereocenters. The normalized spacial score (nSPS) is 24.8. The molecule has 0 radical (unpaired) electrons. The average Bonchev–Trinajstić information content (AvgIpc) is 2.45. The zero-order valence-electron chi connectivity index (χ0n) is 12.2. The maximum atomic E-state index is 5.89. The second kappa shape index (κ2) is 6.19. The molecule has 1 aromatic carbocycles. The van der Waals surface area contributed by atoms with Gasteiger partial charge in [-0.05, 0) is 0 Å². The van der Waals surface area contributed by atoms with Gasteiger partial charge in [-0.2, -0.15) is 0 Å². The summed E-state index contributed by atoms with van der Waals surface area (Å²) >= 11 is 0. The highest BCUT2D eigenvalue weighted by Gasteiger charge is 2.41. The lowest BCUT2D eigenvalue weighted by Crippen LogP contribution is -2.59. The molecule has 1 aromatic rings. The van der Waals surface area contributed by atoms with E-state index in [2.05, 4.69) is 0 Å². The highest BCUT2D eigenvalue weighted by Crippen LogP contribution is 2.41. The first-order valence-electron chi connectivity index (χ1n) is 6.39. The molecule has 0 saturated heterocycles. The van der Waals surface area contributed by atoms with Gasteiger partial charge >= 0.3 is 0 Å². The molecule has 2 rings (SSSR count). The highest BCUT2D eigenvalue weighted by molar-refractivity contribution is 5.56. The summed E-state index contributed by atoms with van der Waals surface area (Å²) in [6.45, 7) is 0. The van der Waals surface area contributed by atoms with Crippen LogP contribution in [0.2, 0.25) is 0 Å². The van der Waals surface area contributed by atoms with Gasteiger partial charge in [-0.1, -0.05) is 0 Å². The third kappa shape index (κ3) is 2.62. The summed E-state index contributed by atoms with van der Waals surface area (Å²) in [7, 11) is 6.33. The van der Waals surface area contributed by atoms with Gasteiger partial charge in [0.25, 0.3) is 0 Å². The van der Waals surface area contributed by atoms with E-state index < -0.39 is 0 Å². The molecule has 1 aliphatic carbocycles. The Morgan fingerprint density at radius 3 is 2.00 bits per heavy atom. The molecule has 0 amide bonds. The van der Waals surface area contributed by atoms with Crippen molar-refractivity contribution in [2.45, 2.75) is 24.7 Å². The summed E-state index contributed by atoms with van der Waals surface area (Å²) in [6, 6.07) is 3.54. The van der Waals surface area contributed by atoms with Crippen LogP contribution in [0.1, 0.15) is 6.42 Å². The minimum absolute atomic E-state index is 0.0204. The topological polar surface area (TPSA) is 72.2 Å². The summed E-state index contributed by atoms with van der Waals surface area (Å²) in [5.41, 5.74) is 5.86. The summed E-state index contributed by atoms with van der Waals surface area (Å²) in [5.74, 6) is 2.29. The summed E-state index contributed by atoms with van der Waals surface area (Å²) in [5, 5.41) is 0. The molecule has 20 heavy (non-hydrogen) atoms. The average molecular weight is 283 g/mol. The Morgan fingerprint density at radius 2 is 1.60 bits per heavy atom. The molecule has 0 heterocycles. The molecular formula is C14H21NO5. The van der Waals surface area contributed by atoms with Crippen LogP contribution < -0.4 is 24.7 Å². The predicted molar refractivity (Wildman–Crippen MR) is 73.9 cm³/mol. The SMILES string of the molecule is COc1cc(OC2CC(N)C2OC)cc(OC)c1OC. The van der Waals surface area contributed by atoms with E-state index in [0.717, 1.165) is 6.42 Å². The van der Waals surface area contributed by atoms with Crippen LogP contribution in [0, 0.1) is 0 Å². The van der Waals surface area contributed by atoms with Crippen molar-refractivity contribution in [3.8, 4) is 23.0 Å². The molecular weight excluding hydrogens is 262 g/mol. The van der Waals surface area contributed by atoms with Crippen molar-refractivity contribution in [2.75, 3.05) is 28.4 Å². The Labute approximate surface area is 118 Å². The Balaban J connectivity index is 2.20. The van der Waals surface area contributed by atoms with Crippen molar-refractivity contribution in [1.82, 2.24) is 0 Å². The molecule has 112 valence electrons. The zero-order valence-corrected chi connectivity index (χ0v) is 12.2. The number of hydrogen-bond acceptors (Lipinski definition) is 6. The van der Waals surface area contributed by atoms with Gasteiger partial charge in [0.1, 0.15) is 18.0 Å². The smallest absolute Gasteiger partial charge is 0.203 e. The van der Waals surface area contributed by atoms with Crippen LogP contribution >= 0.6 is 0 Å². The molecule has 0 aliphatic heterocycles. The van der Waals surface area contributed by atoms with Gasteiger partial charge < -0.3 is 29.4 Å². The van der Waals surface area contributed by atoms with E-state index >= 15 is 0 Å². The van der Waals surface area contributed by atoms with E-state index in [-0.39, 0.29) is 18.2 Å². The zero-order chi connectivity index (χ0) is 14.7. The molecule has 1 aliphatic rings. The van der Waals surface area contributed by atoms with Crippen molar-refractivity contribution in [1.29, 1.82) is 0 Å². The number of ether oxygens (including phenoxy) is 5. The molecule has 6 nitrogen and oxygen atoms in total. The van der Waals surface area contributed by atoms with Crippen LogP contribution in [-0.4, -0.2) is 46.7 Å². The minimum Gasteiger partial charge on any atom is -0.493 e. The summed E-state index contributed by atoms with van der Waals surface area (Å²) in [6.07, 6.45) is 0.613. The monoisotopic (exact) mass is 283 g/mol. The second-order valence-corrected chi connectivity index (χ2v) is 4.62. The van der Waals surface area contributed by atoms with E-state index in [9.17, 15) is 0 Å². The van der Waals surface area contributed by atoms with Crippen molar-refractivity contribution in [3.63, 3.8) is 0 Å². The van der Waals surface area contributed by atoms with Crippen LogP contribution in [-0.2, 0) is 4.74 Å². The van der Waals surface area contributed by atoms with Crippen molar-refractivity contribution in [3.05, 3.63) is 12.1 Å². The fraction of sp³-hybridized carbons (Fsp3) is 0.571. The van der Waals surface area contributed by atoms with Gasteiger partial charge in [-0.3, -0.25) is 0 Å². The number of rotatable bonds is 6. The molecule has 0 aromatic heterocycles. The first-order valence-corrected chi connectivity index (χ1v) is 6.39. The van der Waals surface area contributed by atoms with Crippen LogP contribution in [0.15, 0.2) is 12.1 Å². The number of hydrogen-bond donors (Lipinski definition) is 1. The third-order valence-corrected chi connectivity index (χ3v) is 3.49. The van der Waals surface area contributed by atoms with Gasteiger partial charge in [0, 0.05) is 31.7 Å². The number of benzene rings is 1. The Morgan fingerprint density at radius 1 is 1.00 bits per heavy atom. The number of nitrogens with two attached hydrogens (primary N) is 1. The van der Waals surface area contributed by atoms with Crippen LogP contribution in [0.5, 0.6) is 23.0 Å². The van der Waals surface area contributed by atoms with Crippen LogP contribution in [0.4, 0.5) is 0 Å². The molecule has 2 N–H and O–H groups in total. The third-order valence-electron chi connectivity index (χ3n) is 3.49. The van der Waals surface area contributed by atoms with Gasteiger partial charge in [0.05, 0.1) is 21.3 Å². The minimum atomic E-state index is -0.0888. The molecule has 1 saturated carbocycles. The van der Waals surface area contributed by atoms with Gasteiger partial charge in [-0.25, -0.2) is 0 Å². The maximum Gasteiger partial charge on any atom is 0.203 e. The summed E-state index contributed by atoms with van der Waals surface area (Å²) in [4.78, 5) is 0. The molecule has 0 spiro atoms. The largest absolute Gasteiger partial charge is 0.493 e. The maximum absolute atomic E-state index is 5.89. The highest BCUT2D eigenvalue weighted by atomic mass is 16.5. The van der Waals surface area contributed by atoms with Crippen molar-refractivity contribution < 1.29 is 23.7 Å². The Kier molecular flexibility index (Phi) is 4.57. The fourth-order valence-electron chi connectivity index (χ4n) is 2.36. The lowest BCUT2D eigenvalue weighted by Gasteiger charge is -2.41. The van der Waals surface area contributed by atoms with Gasteiger partial charge in [0.15, 0.2) is 11.5 Å². The first kappa shape index (κ1) is 14.7. The fourth-order valence-corrected chi connectivity index (χ4v) is 2.36. The van der Waals surface area contributed by atoms with E-state index in [1.165, 1.54) is 0 Å². The molecule has 6 heteroatoms. The number of methoxy groups -OCH3 is 4.